The van der Waals surface area contributed by atoms with Crippen molar-refractivity contribution in [3.63, 3.8) is 0 Å². The van der Waals surface area contributed by atoms with Crippen LogP contribution < -0.4 is 5.32 Å². The zero-order valence-electron chi connectivity index (χ0n) is 14.1. The van der Waals surface area contributed by atoms with Gasteiger partial charge in [-0.1, -0.05) is 26.0 Å². The molecule has 0 saturated heterocycles. The van der Waals surface area contributed by atoms with Crippen molar-refractivity contribution in [3.8, 4) is 6.07 Å². The molecule has 0 amide bonds. The van der Waals surface area contributed by atoms with Crippen molar-refractivity contribution in [2.45, 2.75) is 46.6 Å². The number of aromatic nitrogens is 2. The molecule has 0 aliphatic rings. The van der Waals surface area contributed by atoms with Gasteiger partial charge in [0, 0.05) is 6.04 Å². The van der Waals surface area contributed by atoms with Gasteiger partial charge in [0.05, 0.1) is 16.6 Å². The highest BCUT2D eigenvalue weighted by molar-refractivity contribution is 5.86. The Hall–Kier alpha value is -2.54. The van der Waals surface area contributed by atoms with Crippen LogP contribution >= 0.6 is 0 Å². The second kappa shape index (κ2) is 5.92. The van der Waals surface area contributed by atoms with Gasteiger partial charge in [0.1, 0.15) is 11.9 Å². The van der Waals surface area contributed by atoms with Crippen LogP contribution in [0.3, 0.4) is 0 Å². The Bertz CT molecular complexity index is 915. The summed E-state index contributed by atoms with van der Waals surface area (Å²) >= 11 is 0. The maximum atomic E-state index is 9.66. The summed E-state index contributed by atoms with van der Waals surface area (Å²) in [5.41, 5.74) is 5.60. The first-order valence-electron chi connectivity index (χ1n) is 8.21. The molecule has 23 heavy (non-hydrogen) atoms. The topological polar surface area (TPSA) is 53.1 Å². The van der Waals surface area contributed by atoms with Gasteiger partial charge >= 0.3 is 0 Å². The summed E-state index contributed by atoms with van der Waals surface area (Å²) in [5.74, 6) is 1.07. The lowest BCUT2D eigenvalue weighted by Crippen LogP contribution is -2.18. The maximum Gasteiger partial charge on any atom is 0.157 e. The minimum Gasteiger partial charge on any atom is -0.368 e. The van der Waals surface area contributed by atoms with Gasteiger partial charge in [0.2, 0.25) is 0 Å². The van der Waals surface area contributed by atoms with Crippen LogP contribution in [0.1, 0.15) is 43.9 Å². The third-order valence-electron chi connectivity index (χ3n) is 4.58. The lowest BCUT2D eigenvalue weighted by molar-refractivity contribution is 0.754. The summed E-state index contributed by atoms with van der Waals surface area (Å²) < 4.78 is 2.12. The van der Waals surface area contributed by atoms with Crippen LogP contribution in [-0.4, -0.2) is 15.4 Å². The monoisotopic (exact) mass is 306 g/mol. The van der Waals surface area contributed by atoms with Crippen LogP contribution in [0.2, 0.25) is 0 Å². The highest BCUT2D eigenvalue weighted by atomic mass is 15.1. The van der Waals surface area contributed by atoms with Crippen LogP contribution in [-0.2, 0) is 6.42 Å². The second-order valence-electron chi connectivity index (χ2n) is 6.01. The standard InChI is InChI=1S/C19H22N4/c1-5-12(3)21-18-14(6-2)13(4)15(11-20)19-22-16-9-7-8-10-17(16)23(18)19/h7-10,12,21H,5-6H2,1-4H3/t12-/m1/s1. The van der Waals surface area contributed by atoms with Crippen molar-refractivity contribution < 1.29 is 0 Å². The largest absolute Gasteiger partial charge is 0.368 e. The van der Waals surface area contributed by atoms with E-state index in [1.165, 1.54) is 5.56 Å². The number of nitrogens with one attached hydrogen (secondary N) is 1. The fraction of sp³-hybridized carbons (Fsp3) is 0.368. The summed E-state index contributed by atoms with van der Waals surface area (Å²) in [5, 5.41) is 13.3. The first-order chi connectivity index (χ1) is 11.1. The molecule has 0 spiro atoms. The van der Waals surface area contributed by atoms with Gasteiger partial charge in [0.15, 0.2) is 5.65 Å². The summed E-state index contributed by atoms with van der Waals surface area (Å²) in [6.45, 7) is 8.51. The van der Waals surface area contributed by atoms with Crippen LogP contribution in [0.25, 0.3) is 16.7 Å². The average molecular weight is 306 g/mol. The van der Waals surface area contributed by atoms with Gasteiger partial charge < -0.3 is 5.32 Å². The van der Waals surface area contributed by atoms with Crippen LogP contribution in [0.4, 0.5) is 5.82 Å². The molecule has 0 aliphatic heterocycles. The number of nitriles is 1. The lowest BCUT2D eigenvalue weighted by atomic mass is 10.0. The predicted octanol–water partition coefficient (Wildman–Crippen LogP) is 4.44. The van der Waals surface area contributed by atoms with E-state index >= 15 is 0 Å². The average Bonchev–Trinajstić information content (AvgIpc) is 2.94. The minimum absolute atomic E-state index is 0.358. The molecule has 4 heteroatoms. The quantitative estimate of drug-likeness (QED) is 0.775. The number of hydrogen-bond donors (Lipinski definition) is 1. The van der Waals surface area contributed by atoms with E-state index in [1.54, 1.807) is 0 Å². The Balaban J connectivity index is 2.49. The van der Waals surface area contributed by atoms with Crippen LogP contribution in [0, 0.1) is 18.3 Å². The third kappa shape index (κ3) is 2.33. The van der Waals surface area contributed by atoms with Gasteiger partial charge in [0.25, 0.3) is 0 Å². The molecule has 1 aromatic carbocycles. The molecule has 2 heterocycles. The molecule has 1 atom stereocenters. The first kappa shape index (κ1) is 15.4. The van der Waals surface area contributed by atoms with E-state index in [4.69, 9.17) is 4.98 Å². The molecule has 1 N–H and O–H groups in total. The van der Waals surface area contributed by atoms with Crippen molar-refractivity contribution in [1.29, 1.82) is 5.26 Å². The molecule has 3 aromatic rings. The van der Waals surface area contributed by atoms with Crippen molar-refractivity contribution in [2.24, 2.45) is 0 Å². The van der Waals surface area contributed by atoms with Crippen LogP contribution in [0.15, 0.2) is 24.3 Å². The summed E-state index contributed by atoms with van der Waals surface area (Å²) in [6.07, 6.45) is 1.91. The van der Waals surface area contributed by atoms with Gasteiger partial charge in [-0.15, -0.1) is 0 Å². The molecule has 4 nitrogen and oxygen atoms in total. The van der Waals surface area contributed by atoms with E-state index in [-0.39, 0.29) is 0 Å². The van der Waals surface area contributed by atoms with Crippen LogP contribution in [0.5, 0.6) is 0 Å². The van der Waals surface area contributed by atoms with E-state index < -0.39 is 0 Å². The number of benzene rings is 1. The second-order valence-corrected chi connectivity index (χ2v) is 6.01. The van der Waals surface area contributed by atoms with Gasteiger partial charge in [-0.05, 0) is 49.9 Å². The molecule has 0 saturated carbocycles. The van der Waals surface area contributed by atoms with Gasteiger partial charge in [-0.25, -0.2) is 4.98 Å². The number of nitrogens with zero attached hydrogens (tertiary/aromatic N) is 3. The molecular weight excluding hydrogens is 284 g/mol. The van der Waals surface area contributed by atoms with E-state index in [2.05, 4.69) is 42.6 Å². The normalized spacial score (nSPS) is 12.5. The first-order valence-corrected chi connectivity index (χ1v) is 8.21. The Kier molecular flexibility index (Phi) is 3.96. The minimum atomic E-state index is 0.358. The van der Waals surface area contributed by atoms with Gasteiger partial charge in [-0.3, -0.25) is 4.40 Å². The molecule has 0 unspecified atom stereocenters. The third-order valence-corrected chi connectivity index (χ3v) is 4.58. The number of rotatable bonds is 4. The molecule has 0 aliphatic carbocycles. The molecule has 2 aromatic heterocycles. The Morgan fingerprint density at radius 1 is 1.30 bits per heavy atom. The van der Waals surface area contributed by atoms with E-state index in [9.17, 15) is 5.26 Å². The SMILES string of the molecule is CCc1c(C)c(C#N)c2nc3ccccc3n2c1N[C@H](C)CC. The van der Waals surface area contributed by atoms with Gasteiger partial charge in [-0.2, -0.15) is 5.26 Å². The molecule has 0 fully saturated rings. The lowest BCUT2D eigenvalue weighted by Gasteiger charge is -2.21. The molecular formula is C19H22N4. The number of hydrogen-bond acceptors (Lipinski definition) is 3. The number of para-hydroxylation sites is 2. The van der Waals surface area contributed by atoms with E-state index in [0.29, 0.717) is 11.6 Å². The molecule has 118 valence electrons. The van der Waals surface area contributed by atoms with Crippen molar-refractivity contribution in [2.75, 3.05) is 5.32 Å². The number of fused-ring (bicyclic) bond motifs is 3. The zero-order chi connectivity index (χ0) is 16.6. The van der Waals surface area contributed by atoms with Crippen molar-refractivity contribution in [3.05, 3.63) is 41.0 Å². The highest BCUT2D eigenvalue weighted by Crippen LogP contribution is 2.31. The number of imidazole rings is 1. The Morgan fingerprint density at radius 2 is 2.04 bits per heavy atom. The predicted molar refractivity (Wildman–Crippen MR) is 94.9 cm³/mol. The molecule has 0 radical (unpaired) electrons. The summed E-state index contributed by atoms with van der Waals surface area (Å²) in [4.78, 5) is 4.72. The maximum absolute atomic E-state index is 9.66. The fourth-order valence-electron chi connectivity index (χ4n) is 3.10. The highest BCUT2D eigenvalue weighted by Gasteiger charge is 2.20. The van der Waals surface area contributed by atoms with E-state index in [1.807, 2.05) is 25.1 Å². The number of anilines is 1. The smallest absolute Gasteiger partial charge is 0.157 e. The van der Waals surface area contributed by atoms with Crippen molar-refractivity contribution >= 4 is 22.5 Å². The Morgan fingerprint density at radius 3 is 2.70 bits per heavy atom. The summed E-state index contributed by atoms with van der Waals surface area (Å²) in [7, 11) is 0. The summed E-state index contributed by atoms with van der Waals surface area (Å²) in [6, 6.07) is 10.8. The Labute approximate surface area is 136 Å². The van der Waals surface area contributed by atoms with Crippen molar-refractivity contribution in [1.82, 2.24) is 9.38 Å². The zero-order valence-corrected chi connectivity index (χ0v) is 14.1. The fourth-order valence-corrected chi connectivity index (χ4v) is 3.10. The molecule has 3 rings (SSSR count). The molecule has 0 bridgehead atoms. The number of pyridine rings is 1. The van der Waals surface area contributed by atoms with E-state index in [0.717, 1.165) is 40.9 Å².